The van der Waals surface area contributed by atoms with Gasteiger partial charge < -0.3 is 10.2 Å². The average Bonchev–Trinajstić information content (AvgIpc) is 2.68. The van der Waals surface area contributed by atoms with E-state index in [9.17, 15) is 15.0 Å². The van der Waals surface area contributed by atoms with E-state index < -0.39 is 5.97 Å². The Morgan fingerprint density at radius 1 is 1.00 bits per heavy atom. The zero-order valence-electron chi connectivity index (χ0n) is 18.9. The van der Waals surface area contributed by atoms with Crippen LogP contribution < -0.4 is 0 Å². The van der Waals surface area contributed by atoms with Crippen molar-refractivity contribution >= 4 is 18.1 Å². The minimum absolute atomic E-state index is 0.142. The van der Waals surface area contributed by atoms with Crippen molar-refractivity contribution in [2.75, 3.05) is 6.61 Å². The third-order valence-corrected chi connectivity index (χ3v) is 6.65. The molecule has 0 fully saturated rings. The van der Waals surface area contributed by atoms with Gasteiger partial charge in [0.15, 0.2) is 0 Å². The van der Waals surface area contributed by atoms with E-state index in [0.29, 0.717) is 5.56 Å². The van der Waals surface area contributed by atoms with Crippen molar-refractivity contribution in [3.63, 3.8) is 0 Å². The van der Waals surface area contributed by atoms with Crippen molar-refractivity contribution < 1.29 is 15.0 Å². The highest BCUT2D eigenvalue weighted by molar-refractivity contribution is 5.90. The first-order valence-corrected chi connectivity index (χ1v) is 10.9. The lowest BCUT2D eigenvalue weighted by molar-refractivity contribution is 0.0696. The molecule has 1 aliphatic rings. The van der Waals surface area contributed by atoms with Crippen molar-refractivity contribution in [2.45, 2.75) is 71.1 Å². The van der Waals surface area contributed by atoms with Crippen LogP contribution >= 0.6 is 0 Å². The molecule has 2 N–H and O–H groups in total. The van der Waals surface area contributed by atoms with Gasteiger partial charge in [-0.2, -0.15) is 0 Å². The van der Waals surface area contributed by atoms with E-state index >= 15 is 0 Å². The normalized spacial score (nSPS) is 17.1. The van der Waals surface area contributed by atoms with Crippen LogP contribution in [0.4, 0.5) is 0 Å². The van der Waals surface area contributed by atoms with E-state index in [-0.39, 0.29) is 17.4 Å². The quantitative estimate of drug-likeness (QED) is 0.567. The van der Waals surface area contributed by atoms with Gasteiger partial charge in [-0.3, -0.25) is 0 Å². The molecule has 0 aromatic heterocycles. The van der Waals surface area contributed by atoms with Gasteiger partial charge in [0.2, 0.25) is 0 Å². The fourth-order valence-electron chi connectivity index (χ4n) is 4.53. The van der Waals surface area contributed by atoms with Gasteiger partial charge in [-0.1, -0.05) is 64.1 Å². The van der Waals surface area contributed by atoms with Crippen LogP contribution in [0.25, 0.3) is 12.2 Å². The minimum atomic E-state index is -0.895. The summed E-state index contributed by atoms with van der Waals surface area (Å²) < 4.78 is 0. The van der Waals surface area contributed by atoms with Gasteiger partial charge in [0.05, 0.1) is 5.56 Å². The van der Waals surface area contributed by atoms with E-state index in [1.807, 2.05) is 19.1 Å². The predicted molar refractivity (Wildman–Crippen MR) is 124 cm³/mol. The van der Waals surface area contributed by atoms with E-state index in [1.54, 1.807) is 6.07 Å². The van der Waals surface area contributed by atoms with Crippen LogP contribution in [0.15, 0.2) is 30.3 Å². The number of carboxylic acid groups (broad SMARTS) is 1. The SMILES string of the molecule is Cc1cc(C=Cc2cc3c(cc2CCCO)C(C)(C)CCC3(C)C)ccc1C(=O)O. The number of carbonyl (C=O) groups is 1. The minimum Gasteiger partial charge on any atom is -0.478 e. The molecule has 3 nitrogen and oxygen atoms in total. The van der Waals surface area contributed by atoms with Crippen LogP contribution in [0.5, 0.6) is 0 Å². The second-order valence-corrected chi connectivity index (χ2v) is 9.90. The predicted octanol–water partition coefficient (Wildman–Crippen LogP) is 6.14. The molecule has 0 atom stereocenters. The highest BCUT2D eigenvalue weighted by Gasteiger charge is 2.37. The molecular weight excluding hydrogens is 372 g/mol. The molecule has 0 heterocycles. The number of benzene rings is 2. The fourth-order valence-corrected chi connectivity index (χ4v) is 4.53. The summed E-state index contributed by atoms with van der Waals surface area (Å²) in [4.78, 5) is 11.3. The summed E-state index contributed by atoms with van der Waals surface area (Å²) in [5, 5.41) is 18.6. The average molecular weight is 407 g/mol. The molecule has 2 aromatic carbocycles. The number of fused-ring (bicyclic) bond motifs is 1. The van der Waals surface area contributed by atoms with Gasteiger partial charge in [0.1, 0.15) is 0 Å². The summed E-state index contributed by atoms with van der Waals surface area (Å²) in [6.07, 6.45) is 8.13. The summed E-state index contributed by atoms with van der Waals surface area (Å²) in [6.45, 7) is 11.3. The van der Waals surface area contributed by atoms with E-state index in [4.69, 9.17) is 0 Å². The maximum Gasteiger partial charge on any atom is 0.335 e. The van der Waals surface area contributed by atoms with E-state index in [0.717, 1.165) is 24.0 Å². The van der Waals surface area contributed by atoms with Gasteiger partial charge >= 0.3 is 5.97 Å². The Kier molecular flexibility index (Phi) is 6.24. The van der Waals surface area contributed by atoms with Crippen LogP contribution in [0.3, 0.4) is 0 Å². The summed E-state index contributed by atoms with van der Waals surface area (Å²) in [5.41, 5.74) is 7.70. The topological polar surface area (TPSA) is 57.5 Å². The summed E-state index contributed by atoms with van der Waals surface area (Å²) in [7, 11) is 0. The molecule has 2 aromatic rings. The van der Waals surface area contributed by atoms with Crippen LogP contribution in [0, 0.1) is 6.92 Å². The molecule has 0 radical (unpaired) electrons. The molecule has 3 rings (SSSR count). The van der Waals surface area contributed by atoms with Gasteiger partial charge in [0, 0.05) is 6.61 Å². The third kappa shape index (κ3) is 4.52. The molecule has 30 heavy (non-hydrogen) atoms. The first kappa shape index (κ1) is 22.3. The Labute approximate surface area is 180 Å². The highest BCUT2D eigenvalue weighted by Crippen LogP contribution is 2.46. The largest absolute Gasteiger partial charge is 0.478 e. The third-order valence-electron chi connectivity index (χ3n) is 6.65. The van der Waals surface area contributed by atoms with Gasteiger partial charge in [-0.15, -0.1) is 0 Å². The molecule has 0 aliphatic heterocycles. The highest BCUT2D eigenvalue weighted by atomic mass is 16.4. The van der Waals surface area contributed by atoms with Gasteiger partial charge in [-0.25, -0.2) is 4.79 Å². The summed E-state index contributed by atoms with van der Waals surface area (Å²) in [6, 6.07) is 10.1. The Morgan fingerprint density at radius 2 is 1.63 bits per heavy atom. The lowest BCUT2D eigenvalue weighted by atomic mass is 9.62. The number of aromatic carboxylic acids is 1. The lowest BCUT2D eigenvalue weighted by Crippen LogP contribution is -2.34. The van der Waals surface area contributed by atoms with Crippen LogP contribution in [0.2, 0.25) is 0 Å². The molecule has 3 heteroatoms. The standard InChI is InChI=1S/C27H34O3/c1-18-15-19(9-11-22(18)25(29)30)8-10-21-17-24-23(16-20(21)7-6-14-28)26(2,3)12-13-27(24,4)5/h8-11,15-17,28H,6-7,12-14H2,1-5H3,(H,29,30). The number of carboxylic acids is 1. The number of aliphatic hydroxyl groups excluding tert-OH is 1. The second-order valence-electron chi connectivity index (χ2n) is 9.90. The molecule has 1 aliphatic carbocycles. The first-order chi connectivity index (χ1) is 14.0. The number of rotatable bonds is 6. The molecule has 160 valence electrons. The first-order valence-electron chi connectivity index (χ1n) is 10.9. The van der Waals surface area contributed by atoms with Crippen molar-refractivity contribution in [2.24, 2.45) is 0 Å². The molecule has 0 amide bonds. The molecule has 0 saturated heterocycles. The monoisotopic (exact) mass is 406 g/mol. The Hall–Kier alpha value is -2.39. The fraction of sp³-hybridized carbons (Fsp3) is 0.444. The number of hydrogen-bond acceptors (Lipinski definition) is 2. The Bertz CT molecular complexity index is 980. The Balaban J connectivity index is 2.06. The van der Waals surface area contributed by atoms with Crippen LogP contribution in [-0.4, -0.2) is 22.8 Å². The van der Waals surface area contributed by atoms with Crippen molar-refractivity contribution in [3.8, 4) is 0 Å². The zero-order valence-corrected chi connectivity index (χ0v) is 18.9. The lowest BCUT2D eigenvalue weighted by Gasteiger charge is -2.42. The van der Waals surface area contributed by atoms with Crippen molar-refractivity contribution in [1.82, 2.24) is 0 Å². The zero-order chi connectivity index (χ0) is 22.1. The molecule has 0 saturated carbocycles. The smallest absolute Gasteiger partial charge is 0.335 e. The van der Waals surface area contributed by atoms with Crippen molar-refractivity contribution in [3.05, 3.63) is 69.3 Å². The van der Waals surface area contributed by atoms with Crippen LogP contribution in [-0.2, 0) is 17.3 Å². The summed E-state index contributed by atoms with van der Waals surface area (Å²) >= 11 is 0. The van der Waals surface area contributed by atoms with Gasteiger partial charge in [0.25, 0.3) is 0 Å². The van der Waals surface area contributed by atoms with Crippen molar-refractivity contribution in [1.29, 1.82) is 0 Å². The number of aliphatic hydroxyl groups is 1. The van der Waals surface area contributed by atoms with E-state index in [1.165, 1.54) is 35.1 Å². The molecular formula is C27H34O3. The number of hydrogen-bond donors (Lipinski definition) is 2. The van der Waals surface area contributed by atoms with E-state index in [2.05, 4.69) is 52.0 Å². The van der Waals surface area contributed by atoms with Crippen LogP contribution in [0.1, 0.15) is 90.7 Å². The number of aryl methyl sites for hydroxylation is 2. The Morgan fingerprint density at radius 3 is 2.20 bits per heavy atom. The summed E-state index contributed by atoms with van der Waals surface area (Å²) in [5.74, 6) is -0.895. The maximum atomic E-state index is 11.3. The maximum absolute atomic E-state index is 11.3. The molecule has 0 spiro atoms. The second kappa shape index (κ2) is 8.39. The molecule has 0 bridgehead atoms. The van der Waals surface area contributed by atoms with Gasteiger partial charge in [-0.05, 0) is 82.9 Å². The molecule has 0 unspecified atom stereocenters.